The van der Waals surface area contributed by atoms with Crippen LogP contribution in [0, 0.1) is 0 Å². The smallest absolute Gasteiger partial charge is 0.124 e. The minimum atomic E-state index is 0.584. The molecule has 0 radical (unpaired) electrons. The molecule has 1 fully saturated rings. The molecule has 4 rings (SSSR count). The van der Waals surface area contributed by atoms with E-state index in [4.69, 9.17) is 15.2 Å². The fourth-order valence-electron chi connectivity index (χ4n) is 2.47. The molecule has 2 heterocycles. The van der Waals surface area contributed by atoms with Crippen molar-refractivity contribution < 1.29 is 4.52 Å². The summed E-state index contributed by atoms with van der Waals surface area (Å²) in [7, 11) is 0. The van der Waals surface area contributed by atoms with Crippen LogP contribution < -0.4 is 5.73 Å². The standard InChI is InChI=1S/C14H14N4O/c15-10-3-4-13-12(7-10)16-14(9-1-2-9)18(13)8-11-5-6-19-17-11/h3-7,9H,1-2,8,15H2. The number of nitrogens with zero attached hydrogens (tertiary/aromatic N) is 3. The Kier molecular flexibility index (Phi) is 2.15. The van der Waals surface area contributed by atoms with Crippen molar-refractivity contribution in [2.24, 2.45) is 0 Å². The van der Waals surface area contributed by atoms with Gasteiger partial charge < -0.3 is 14.8 Å². The summed E-state index contributed by atoms with van der Waals surface area (Å²) >= 11 is 0. The van der Waals surface area contributed by atoms with Crippen LogP contribution in [0.5, 0.6) is 0 Å². The molecule has 2 aromatic heterocycles. The predicted molar refractivity (Wildman–Crippen MR) is 71.7 cm³/mol. The van der Waals surface area contributed by atoms with E-state index >= 15 is 0 Å². The van der Waals surface area contributed by atoms with Gasteiger partial charge >= 0.3 is 0 Å². The number of rotatable bonds is 3. The van der Waals surface area contributed by atoms with Gasteiger partial charge in [0.25, 0.3) is 0 Å². The molecule has 0 saturated heterocycles. The summed E-state index contributed by atoms with van der Waals surface area (Å²) in [5.74, 6) is 1.73. The van der Waals surface area contributed by atoms with Gasteiger partial charge in [-0.2, -0.15) is 0 Å². The van der Waals surface area contributed by atoms with Gasteiger partial charge in [0.1, 0.15) is 17.8 Å². The number of fused-ring (bicyclic) bond motifs is 1. The van der Waals surface area contributed by atoms with Crippen LogP contribution in [0.25, 0.3) is 11.0 Å². The van der Waals surface area contributed by atoms with Gasteiger partial charge in [-0.25, -0.2) is 4.98 Å². The lowest BCUT2D eigenvalue weighted by molar-refractivity contribution is 0.409. The highest BCUT2D eigenvalue weighted by molar-refractivity contribution is 5.80. The highest BCUT2D eigenvalue weighted by atomic mass is 16.5. The molecule has 1 aliphatic carbocycles. The Hall–Kier alpha value is -2.30. The van der Waals surface area contributed by atoms with E-state index in [1.165, 1.54) is 12.8 Å². The van der Waals surface area contributed by atoms with Crippen LogP contribution in [-0.4, -0.2) is 14.7 Å². The normalized spacial score (nSPS) is 15.2. The first-order valence-corrected chi connectivity index (χ1v) is 6.46. The minimum Gasteiger partial charge on any atom is -0.399 e. The predicted octanol–water partition coefficient (Wildman–Crippen LogP) is 2.53. The van der Waals surface area contributed by atoms with Crippen molar-refractivity contribution >= 4 is 16.7 Å². The largest absolute Gasteiger partial charge is 0.399 e. The molecular formula is C14H14N4O. The number of anilines is 1. The molecule has 1 aromatic carbocycles. The van der Waals surface area contributed by atoms with E-state index in [-0.39, 0.29) is 0 Å². The summed E-state index contributed by atoms with van der Waals surface area (Å²) in [6, 6.07) is 7.77. The number of benzene rings is 1. The van der Waals surface area contributed by atoms with Crippen molar-refractivity contribution in [1.29, 1.82) is 0 Å². The van der Waals surface area contributed by atoms with E-state index in [9.17, 15) is 0 Å². The summed E-state index contributed by atoms with van der Waals surface area (Å²) in [6.45, 7) is 0.697. The maximum atomic E-state index is 5.83. The molecule has 0 bridgehead atoms. The number of hydrogen-bond donors (Lipinski definition) is 1. The van der Waals surface area contributed by atoms with Gasteiger partial charge in [0.2, 0.25) is 0 Å². The zero-order valence-electron chi connectivity index (χ0n) is 10.4. The van der Waals surface area contributed by atoms with E-state index in [0.29, 0.717) is 12.5 Å². The number of imidazole rings is 1. The van der Waals surface area contributed by atoms with Gasteiger partial charge in [-0.1, -0.05) is 5.16 Å². The fourth-order valence-corrected chi connectivity index (χ4v) is 2.47. The third-order valence-corrected chi connectivity index (χ3v) is 3.56. The number of hydrogen-bond acceptors (Lipinski definition) is 4. The SMILES string of the molecule is Nc1ccc2c(c1)nc(C1CC1)n2Cc1ccon1. The third-order valence-electron chi connectivity index (χ3n) is 3.56. The van der Waals surface area contributed by atoms with Crippen molar-refractivity contribution in [1.82, 2.24) is 14.7 Å². The van der Waals surface area contributed by atoms with Crippen molar-refractivity contribution in [2.45, 2.75) is 25.3 Å². The first-order chi connectivity index (χ1) is 9.31. The van der Waals surface area contributed by atoms with Crippen molar-refractivity contribution in [3.63, 3.8) is 0 Å². The molecule has 96 valence electrons. The Labute approximate surface area is 110 Å². The van der Waals surface area contributed by atoms with Crippen LogP contribution in [0.1, 0.15) is 30.3 Å². The van der Waals surface area contributed by atoms with Gasteiger partial charge in [-0.3, -0.25) is 0 Å². The fraction of sp³-hybridized carbons (Fsp3) is 0.286. The van der Waals surface area contributed by atoms with Crippen molar-refractivity contribution in [2.75, 3.05) is 5.73 Å². The van der Waals surface area contributed by atoms with Gasteiger partial charge in [0.05, 0.1) is 17.6 Å². The van der Waals surface area contributed by atoms with Crippen molar-refractivity contribution in [3.8, 4) is 0 Å². The Morgan fingerprint density at radius 2 is 2.21 bits per heavy atom. The molecule has 0 spiro atoms. The average molecular weight is 254 g/mol. The quantitative estimate of drug-likeness (QED) is 0.729. The Balaban J connectivity index is 1.87. The molecule has 0 amide bonds. The van der Waals surface area contributed by atoms with E-state index < -0.39 is 0 Å². The molecule has 0 atom stereocenters. The zero-order valence-corrected chi connectivity index (χ0v) is 10.4. The van der Waals surface area contributed by atoms with Crippen LogP contribution in [0.3, 0.4) is 0 Å². The lowest BCUT2D eigenvalue weighted by atomic mass is 10.3. The third kappa shape index (κ3) is 1.78. The maximum Gasteiger partial charge on any atom is 0.124 e. The molecule has 1 aliphatic rings. The second kappa shape index (κ2) is 3.85. The van der Waals surface area contributed by atoms with Crippen LogP contribution in [0.15, 0.2) is 35.1 Å². The van der Waals surface area contributed by atoms with Crippen LogP contribution in [0.4, 0.5) is 5.69 Å². The van der Waals surface area contributed by atoms with Crippen LogP contribution in [-0.2, 0) is 6.54 Å². The Morgan fingerprint density at radius 1 is 1.32 bits per heavy atom. The monoisotopic (exact) mass is 254 g/mol. The summed E-state index contributed by atoms with van der Waals surface area (Å²) in [4.78, 5) is 4.74. The van der Waals surface area contributed by atoms with Crippen LogP contribution in [0.2, 0.25) is 0 Å². The maximum absolute atomic E-state index is 5.83. The topological polar surface area (TPSA) is 69.9 Å². The van der Waals surface area contributed by atoms with Crippen LogP contribution >= 0.6 is 0 Å². The Bertz CT molecular complexity index is 725. The number of aromatic nitrogens is 3. The molecule has 3 aromatic rings. The molecule has 1 saturated carbocycles. The lowest BCUT2D eigenvalue weighted by Gasteiger charge is -2.06. The molecule has 5 heteroatoms. The van der Waals surface area contributed by atoms with E-state index in [2.05, 4.69) is 9.72 Å². The first kappa shape index (κ1) is 10.6. The summed E-state index contributed by atoms with van der Waals surface area (Å²) in [6.07, 6.45) is 4.04. The molecule has 19 heavy (non-hydrogen) atoms. The summed E-state index contributed by atoms with van der Waals surface area (Å²) < 4.78 is 7.13. The van der Waals surface area contributed by atoms with Crippen molar-refractivity contribution in [3.05, 3.63) is 42.0 Å². The van der Waals surface area contributed by atoms with Gasteiger partial charge in [0, 0.05) is 17.7 Å². The first-order valence-electron chi connectivity index (χ1n) is 6.46. The van der Waals surface area contributed by atoms with Gasteiger partial charge in [-0.15, -0.1) is 0 Å². The highest BCUT2D eigenvalue weighted by Crippen LogP contribution is 2.41. The molecule has 0 aliphatic heterocycles. The zero-order chi connectivity index (χ0) is 12.8. The lowest BCUT2D eigenvalue weighted by Crippen LogP contribution is -2.04. The minimum absolute atomic E-state index is 0.584. The average Bonchev–Trinajstić information content (AvgIpc) is 3.00. The molecular weight excluding hydrogens is 240 g/mol. The second-order valence-corrected chi connectivity index (χ2v) is 5.07. The highest BCUT2D eigenvalue weighted by Gasteiger charge is 2.29. The van der Waals surface area contributed by atoms with Gasteiger partial charge in [-0.05, 0) is 31.0 Å². The Morgan fingerprint density at radius 3 is 2.95 bits per heavy atom. The van der Waals surface area contributed by atoms with E-state index in [1.807, 2.05) is 24.3 Å². The van der Waals surface area contributed by atoms with Gasteiger partial charge in [0.15, 0.2) is 0 Å². The second-order valence-electron chi connectivity index (χ2n) is 5.07. The molecule has 2 N–H and O–H groups in total. The van der Waals surface area contributed by atoms with E-state index in [0.717, 1.165) is 28.2 Å². The number of nitrogen functional groups attached to an aromatic ring is 1. The van der Waals surface area contributed by atoms with E-state index in [1.54, 1.807) is 6.26 Å². The molecule has 0 unspecified atom stereocenters. The summed E-state index contributed by atoms with van der Waals surface area (Å²) in [5, 5.41) is 3.99. The number of nitrogens with two attached hydrogens (primary N) is 1. The molecule has 5 nitrogen and oxygen atoms in total. The summed E-state index contributed by atoms with van der Waals surface area (Å²) in [5.41, 5.74) is 9.57.